The third kappa shape index (κ3) is 1.82. The first kappa shape index (κ1) is 12.3. The van der Waals surface area contributed by atoms with E-state index in [1.54, 1.807) is 0 Å². The van der Waals surface area contributed by atoms with Crippen molar-refractivity contribution >= 4 is 11.8 Å². The average Bonchev–Trinajstić information content (AvgIpc) is 2.69. The van der Waals surface area contributed by atoms with Gasteiger partial charge in [0.1, 0.15) is 17.2 Å². The Kier molecular flexibility index (Phi) is 3.02. The summed E-state index contributed by atoms with van der Waals surface area (Å²) in [6, 6.07) is 5.13. The van der Waals surface area contributed by atoms with Gasteiger partial charge in [-0.15, -0.1) is 0 Å². The highest BCUT2D eigenvalue weighted by Gasteiger charge is 2.48. The third-order valence-electron chi connectivity index (χ3n) is 4.20. The van der Waals surface area contributed by atoms with Crippen molar-refractivity contribution < 1.29 is 9.13 Å². The fourth-order valence-electron chi connectivity index (χ4n) is 3.02. The topological polar surface area (TPSA) is 21.3 Å². The van der Waals surface area contributed by atoms with Crippen LogP contribution < -0.4 is 10.1 Å². The Labute approximate surface area is 111 Å². The number of nitrogens with one attached hydrogen (secondary N) is 1. The monoisotopic (exact) mass is 267 g/mol. The number of fused-ring (bicyclic) bond motifs is 1. The molecular formula is C14H18FNOS. The molecule has 0 amide bonds. The fraction of sp³-hybridized carbons (Fsp3) is 0.571. The van der Waals surface area contributed by atoms with Crippen molar-refractivity contribution in [1.82, 2.24) is 5.32 Å². The molecule has 2 nitrogen and oxygen atoms in total. The molecule has 1 fully saturated rings. The van der Waals surface area contributed by atoms with Crippen molar-refractivity contribution in [1.29, 1.82) is 0 Å². The molecule has 2 aliphatic heterocycles. The summed E-state index contributed by atoms with van der Waals surface area (Å²) >= 11 is 1.95. The van der Waals surface area contributed by atoms with Crippen LogP contribution in [0, 0.1) is 5.82 Å². The van der Waals surface area contributed by atoms with Gasteiger partial charge in [-0.25, -0.2) is 4.39 Å². The summed E-state index contributed by atoms with van der Waals surface area (Å²) in [6.45, 7) is 2.22. The maximum absolute atomic E-state index is 13.4. The minimum Gasteiger partial charge on any atom is -0.486 e. The lowest BCUT2D eigenvalue weighted by atomic mass is 9.83. The van der Waals surface area contributed by atoms with Crippen molar-refractivity contribution in [2.75, 3.05) is 12.8 Å². The molecule has 1 spiro atoms. The zero-order valence-corrected chi connectivity index (χ0v) is 11.5. The smallest absolute Gasteiger partial charge is 0.127 e. The number of ether oxygens (including phenoxy) is 1. The predicted molar refractivity (Wildman–Crippen MR) is 72.7 cm³/mol. The number of thioether (sulfide) groups is 1. The first-order valence-corrected chi connectivity index (χ1v) is 7.47. The number of hydrogen-bond donors (Lipinski definition) is 1. The summed E-state index contributed by atoms with van der Waals surface area (Å²) in [5.41, 5.74) is 0.952. The molecule has 3 atom stereocenters. The van der Waals surface area contributed by atoms with Crippen molar-refractivity contribution in [3.8, 4) is 5.75 Å². The number of rotatable bonds is 1. The van der Waals surface area contributed by atoms with Gasteiger partial charge < -0.3 is 10.1 Å². The van der Waals surface area contributed by atoms with E-state index < -0.39 is 0 Å². The Balaban J connectivity index is 2.02. The Morgan fingerprint density at radius 3 is 3.00 bits per heavy atom. The van der Waals surface area contributed by atoms with Gasteiger partial charge >= 0.3 is 0 Å². The number of hydrogen-bond acceptors (Lipinski definition) is 3. The normalized spacial score (nSPS) is 34.4. The molecule has 18 heavy (non-hydrogen) atoms. The molecule has 3 unspecified atom stereocenters. The first-order valence-electron chi connectivity index (χ1n) is 6.42. The van der Waals surface area contributed by atoms with Crippen LogP contribution in [-0.4, -0.2) is 23.7 Å². The van der Waals surface area contributed by atoms with E-state index in [2.05, 4.69) is 12.2 Å². The molecule has 3 rings (SSSR count). The Morgan fingerprint density at radius 2 is 2.33 bits per heavy atom. The highest BCUT2D eigenvalue weighted by Crippen LogP contribution is 2.49. The molecular weight excluding hydrogens is 249 g/mol. The Bertz CT molecular complexity index is 467. The molecule has 1 aromatic carbocycles. The van der Waals surface area contributed by atoms with Gasteiger partial charge in [-0.05, 0) is 32.2 Å². The number of halogens is 1. The molecule has 2 aliphatic rings. The van der Waals surface area contributed by atoms with Crippen molar-refractivity contribution in [3.05, 3.63) is 29.6 Å². The summed E-state index contributed by atoms with van der Waals surface area (Å²) < 4.78 is 19.6. The molecule has 2 heterocycles. The number of benzene rings is 1. The van der Waals surface area contributed by atoms with Crippen LogP contribution in [0.4, 0.5) is 4.39 Å². The van der Waals surface area contributed by atoms with Gasteiger partial charge in [0, 0.05) is 29.3 Å². The van der Waals surface area contributed by atoms with Crippen LogP contribution in [-0.2, 0) is 0 Å². The van der Waals surface area contributed by atoms with Gasteiger partial charge in [-0.2, -0.15) is 11.8 Å². The molecule has 0 aromatic heterocycles. The summed E-state index contributed by atoms with van der Waals surface area (Å²) in [5, 5.41) is 3.80. The molecule has 0 saturated carbocycles. The quantitative estimate of drug-likeness (QED) is 0.844. The van der Waals surface area contributed by atoms with Crippen LogP contribution in [0.3, 0.4) is 0 Å². The van der Waals surface area contributed by atoms with Gasteiger partial charge in [-0.1, -0.05) is 6.07 Å². The molecule has 1 saturated heterocycles. The second-order valence-electron chi connectivity index (χ2n) is 5.16. The van der Waals surface area contributed by atoms with Gasteiger partial charge in [0.2, 0.25) is 0 Å². The molecule has 0 bridgehead atoms. The summed E-state index contributed by atoms with van der Waals surface area (Å²) in [6.07, 6.45) is 2.02. The van der Waals surface area contributed by atoms with Crippen LogP contribution >= 0.6 is 11.8 Å². The largest absolute Gasteiger partial charge is 0.486 e. The highest BCUT2D eigenvalue weighted by atomic mass is 32.2. The summed E-state index contributed by atoms with van der Waals surface area (Å²) in [5.74, 6) is 1.62. The van der Waals surface area contributed by atoms with Crippen LogP contribution in [0.1, 0.15) is 31.4 Å². The lowest BCUT2D eigenvalue weighted by Crippen LogP contribution is -2.47. The minimum absolute atomic E-state index is 0.126. The standard InChI is InChI=1S/C14H18FNOS/c1-9-14(5-6-18-9)8-12(16-2)11-4-3-10(15)7-13(11)17-14/h3-4,7,9,12,16H,5-6,8H2,1-2H3. The molecule has 1 N–H and O–H groups in total. The van der Waals surface area contributed by atoms with Crippen LogP contribution in [0.25, 0.3) is 0 Å². The van der Waals surface area contributed by atoms with E-state index in [1.165, 1.54) is 12.1 Å². The van der Waals surface area contributed by atoms with Crippen LogP contribution in [0.2, 0.25) is 0 Å². The first-order chi connectivity index (χ1) is 8.64. The second kappa shape index (κ2) is 4.42. The van der Waals surface area contributed by atoms with Crippen molar-refractivity contribution in [3.63, 3.8) is 0 Å². The van der Waals surface area contributed by atoms with E-state index in [1.807, 2.05) is 24.9 Å². The second-order valence-corrected chi connectivity index (χ2v) is 6.61. The van der Waals surface area contributed by atoms with Gasteiger partial charge in [-0.3, -0.25) is 0 Å². The maximum atomic E-state index is 13.4. The van der Waals surface area contributed by atoms with Gasteiger partial charge in [0.15, 0.2) is 0 Å². The lowest BCUT2D eigenvalue weighted by molar-refractivity contribution is 0.0361. The van der Waals surface area contributed by atoms with Gasteiger partial charge in [0.25, 0.3) is 0 Å². The molecule has 98 valence electrons. The summed E-state index contributed by atoms with van der Waals surface area (Å²) in [7, 11) is 1.96. The van der Waals surface area contributed by atoms with Crippen LogP contribution in [0.5, 0.6) is 5.75 Å². The highest BCUT2D eigenvalue weighted by molar-refractivity contribution is 8.00. The van der Waals surface area contributed by atoms with E-state index in [9.17, 15) is 4.39 Å². The maximum Gasteiger partial charge on any atom is 0.127 e. The van der Waals surface area contributed by atoms with Crippen molar-refractivity contribution in [2.24, 2.45) is 0 Å². The minimum atomic E-state index is -0.223. The van der Waals surface area contributed by atoms with Crippen molar-refractivity contribution in [2.45, 2.75) is 36.7 Å². The molecule has 0 radical (unpaired) electrons. The summed E-state index contributed by atoms with van der Waals surface area (Å²) in [4.78, 5) is 0. The van der Waals surface area contributed by atoms with E-state index in [4.69, 9.17) is 4.74 Å². The Hall–Kier alpha value is -0.740. The lowest BCUT2D eigenvalue weighted by Gasteiger charge is -2.42. The molecule has 4 heteroatoms. The Morgan fingerprint density at radius 1 is 1.50 bits per heavy atom. The van der Waals surface area contributed by atoms with Gasteiger partial charge in [0.05, 0.1) is 0 Å². The average molecular weight is 267 g/mol. The van der Waals surface area contributed by atoms with E-state index in [0.29, 0.717) is 5.25 Å². The van der Waals surface area contributed by atoms with Crippen LogP contribution in [0.15, 0.2) is 18.2 Å². The molecule has 0 aliphatic carbocycles. The van der Waals surface area contributed by atoms with E-state index in [0.717, 1.165) is 29.9 Å². The fourth-order valence-corrected chi connectivity index (χ4v) is 4.41. The predicted octanol–water partition coefficient (Wildman–Crippen LogP) is 3.13. The van der Waals surface area contributed by atoms with E-state index >= 15 is 0 Å². The molecule has 1 aromatic rings. The SMILES string of the molecule is CNC1CC2(CCSC2C)Oc2cc(F)ccc21. The zero-order valence-electron chi connectivity index (χ0n) is 10.7. The zero-order chi connectivity index (χ0) is 12.8. The third-order valence-corrected chi connectivity index (χ3v) is 5.57. The van der Waals surface area contributed by atoms with E-state index in [-0.39, 0.29) is 17.5 Å².